The van der Waals surface area contributed by atoms with E-state index in [9.17, 15) is 24.0 Å². The Morgan fingerprint density at radius 3 is 2.40 bits per heavy atom. The van der Waals surface area contributed by atoms with Crippen LogP contribution in [0.4, 0.5) is 0 Å². The Morgan fingerprint density at radius 2 is 1.70 bits per heavy atom. The molecule has 1 unspecified atom stereocenters. The van der Waals surface area contributed by atoms with E-state index < -0.39 is 47.4 Å². The number of esters is 2. The van der Waals surface area contributed by atoms with Crippen molar-refractivity contribution in [2.45, 2.75) is 103 Å². The lowest BCUT2D eigenvalue weighted by atomic mass is 9.72. The summed E-state index contributed by atoms with van der Waals surface area (Å²) in [6.07, 6.45) is 5.00. The Labute approximate surface area is 275 Å². The van der Waals surface area contributed by atoms with Crippen LogP contribution in [-0.4, -0.2) is 70.5 Å². The maximum absolute atomic E-state index is 14.1. The molecule has 1 saturated carbocycles. The summed E-state index contributed by atoms with van der Waals surface area (Å²) in [5, 5.41) is 8.05. The Morgan fingerprint density at radius 1 is 1.00 bits per heavy atom. The van der Waals surface area contributed by atoms with E-state index in [-0.39, 0.29) is 23.9 Å². The van der Waals surface area contributed by atoms with Crippen molar-refractivity contribution in [1.82, 2.24) is 26.1 Å². The highest BCUT2D eigenvalue weighted by atomic mass is 16.6. The highest BCUT2D eigenvalue weighted by Gasteiger charge is 2.44. The molecule has 1 aromatic carbocycles. The summed E-state index contributed by atoms with van der Waals surface area (Å²) >= 11 is 0. The van der Waals surface area contributed by atoms with Gasteiger partial charge < -0.3 is 20.1 Å². The molecule has 2 aromatic rings. The molecule has 1 aliphatic carbocycles. The molecule has 1 aromatic heterocycles. The lowest BCUT2D eigenvalue weighted by Gasteiger charge is -2.37. The summed E-state index contributed by atoms with van der Waals surface area (Å²) in [7, 11) is 0. The zero-order chi connectivity index (χ0) is 33.9. The molecule has 1 saturated heterocycles. The first-order valence-corrected chi connectivity index (χ1v) is 16.5. The van der Waals surface area contributed by atoms with E-state index in [0.29, 0.717) is 50.8 Å². The molecule has 3 heterocycles. The minimum Gasteiger partial charge on any atom is -0.463 e. The van der Waals surface area contributed by atoms with Gasteiger partial charge in [0.05, 0.1) is 22.7 Å². The quantitative estimate of drug-likeness (QED) is 0.415. The van der Waals surface area contributed by atoms with Crippen LogP contribution in [0.3, 0.4) is 0 Å². The van der Waals surface area contributed by atoms with Gasteiger partial charge in [0, 0.05) is 18.9 Å². The number of carbonyl (C=O) groups is 5. The molecule has 1 spiro atoms. The standard InChI is InChI=1S/C35H45N5O7/c1-20(2)30-32(43)37-22(4)33(44)40-18-6-7-28(39-40)31(42)36-21(3)27-11-10-25-9-8-24(19-29(25)38-27)12-15-35(34(45)47-30)16-13-26(14-17-35)46-23(5)41/h8-12,15,19-22,26,28,30,39H,6-7,13-14,16-18H2,1-5H3,(H,36,42)(H,37,43)/b15-12+/t21-,22+,26-,28+,30?,35-/m1/s1. The van der Waals surface area contributed by atoms with Gasteiger partial charge in [-0.25, -0.2) is 5.43 Å². The summed E-state index contributed by atoms with van der Waals surface area (Å²) in [6, 6.07) is 7.66. The van der Waals surface area contributed by atoms with Gasteiger partial charge in [0.1, 0.15) is 18.2 Å². The maximum Gasteiger partial charge on any atom is 0.316 e. The number of cyclic esters (lactones) is 1. The SMILES string of the molecule is CC(=O)O[C@H]1CC[C@@]2(/C=C/c3ccc4ccc(nc4c3)[C@@H](C)NC(=O)[C@@H]3CCCN(N3)C(=O)[C@H](C)NC(=O)C(C(C)C)OC2=O)CC1. The zero-order valence-corrected chi connectivity index (χ0v) is 27.7. The number of carbonyl (C=O) groups excluding carboxylic acids is 5. The Kier molecular flexibility index (Phi) is 10.3. The van der Waals surface area contributed by atoms with Crippen molar-refractivity contribution in [3.63, 3.8) is 0 Å². The van der Waals surface area contributed by atoms with Crippen molar-refractivity contribution in [3.05, 3.63) is 47.7 Å². The van der Waals surface area contributed by atoms with E-state index in [1.54, 1.807) is 20.8 Å². The number of fused-ring (bicyclic) bond motifs is 4. The first-order valence-electron chi connectivity index (χ1n) is 16.5. The maximum atomic E-state index is 14.1. The summed E-state index contributed by atoms with van der Waals surface area (Å²) < 4.78 is 11.4. The van der Waals surface area contributed by atoms with Gasteiger partial charge in [0.2, 0.25) is 5.91 Å². The smallest absolute Gasteiger partial charge is 0.316 e. The predicted octanol–water partition coefficient (Wildman–Crippen LogP) is 3.50. The van der Waals surface area contributed by atoms with Gasteiger partial charge in [-0.3, -0.25) is 34.0 Å². The third-order valence-corrected chi connectivity index (χ3v) is 9.29. The fourth-order valence-electron chi connectivity index (χ4n) is 6.49. The van der Waals surface area contributed by atoms with Gasteiger partial charge in [-0.1, -0.05) is 44.2 Å². The summed E-state index contributed by atoms with van der Waals surface area (Å²) in [5.74, 6) is -2.54. The number of benzene rings is 1. The normalized spacial score (nSPS) is 30.1. The summed E-state index contributed by atoms with van der Waals surface area (Å²) in [4.78, 5) is 70.7. The summed E-state index contributed by atoms with van der Waals surface area (Å²) in [6.45, 7) is 8.72. The minimum atomic E-state index is -1.15. The van der Waals surface area contributed by atoms with E-state index >= 15 is 0 Å². The Balaban J connectivity index is 1.52. The van der Waals surface area contributed by atoms with E-state index in [4.69, 9.17) is 14.5 Å². The van der Waals surface area contributed by atoms with E-state index in [1.807, 2.05) is 49.4 Å². The van der Waals surface area contributed by atoms with Crippen LogP contribution in [0.25, 0.3) is 17.0 Å². The second-order valence-corrected chi connectivity index (χ2v) is 13.3. The van der Waals surface area contributed by atoms with Crippen LogP contribution in [0, 0.1) is 11.3 Å². The van der Waals surface area contributed by atoms with Crippen molar-refractivity contribution in [2.75, 3.05) is 6.54 Å². The molecular weight excluding hydrogens is 602 g/mol. The van der Waals surface area contributed by atoms with Gasteiger partial charge in [-0.15, -0.1) is 0 Å². The highest BCUT2D eigenvalue weighted by Crippen LogP contribution is 2.41. The largest absolute Gasteiger partial charge is 0.463 e. The molecule has 4 atom stereocenters. The number of pyridine rings is 1. The molecule has 3 aliphatic rings. The molecule has 47 heavy (non-hydrogen) atoms. The fraction of sp³-hybridized carbons (Fsp3) is 0.543. The van der Waals surface area contributed by atoms with Gasteiger partial charge in [-0.2, -0.15) is 0 Å². The average molecular weight is 648 g/mol. The van der Waals surface area contributed by atoms with Gasteiger partial charge in [-0.05, 0) is 76.0 Å². The number of nitrogens with zero attached hydrogens (tertiary/aromatic N) is 2. The van der Waals surface area contributed by atoms with Crippen LogP contribution in [0.1, 0.15) is 90.4 Å². The zero-order valence-electron chi connectivity index (χ0n) is 27.7. The van der Waals surface area contributed by atoms with E-state index in [1.165, 1.54) is 11.9 Å². The molecule has 5 bridgehead atoms. The topological polar surface area (TPSA) is 156 Å². The van der Waals surface area contributed by atoms with E-state index in [2.05, 4.69) is 16.1 Å². The molecule has 2 fully saturated rings. The number of hydrazine groups is 1. The second kappa shape index (κ2) is 14.2. The Hall–Kier alpha value is -4.32. The molecular formula is C35H45N5O7. The number of hydrogen-bond acceptors (Lipinski definition) is 9. The van der Waals surface area contributed by atoms with Gasteiger partial charge >= 0.3 is 11.9 Å². The fourth-order valence-corrected chi connectivity index (χ4v) is 6.49. The third-order valence-electron chi connectivity index (χ3n) is 9.29. The number of amides is 3. The van der Waals surface area contributed by atoms with Crippen LogP contribution in [0.2, 0.25) is 0 Å². The lowest BCUT2D eigenvalue weighted by molar-refractivity contribution is -0.169. The number of hydrogen-bond donors (Lipinski definition) is 3. The summed E-state index contributed by atoms with van der Waals surface area (Å²) in [5.41, 5.74) is 4.19. The van der Waals surface area contributed by atoms with Crippen LogP contribution >= 0.6 is 0 Å². The second-order valence-electron chi connectivity index (χ2n) is 13.3. The first-order chi connectivity index (χ1) is 22.3. The van der Waals surface area contributed by atoms with Crippen molar-refractivity contribution >= 4 is 46.6 Å². The first kappa shape index (κ1) is 34.0. The molecule has 3 amide bonds. The lowest BCUT2D eigenvalue weighted by Crippen LogP contribution is -2.61. The van der Waals surface area contributed by atoms with Crippen molar-refractivity contribution < 1.29 is 33.4 Å². The minimum absolute atomic E-state index is 0.253. The number of ether oxygens (including phenoxy) is 2. The van der Waals surface area contributed by atoms with E-state index in [0.717, 1.165) is 16.5 Å². The number of nitrogens with one attached hydrogen (secondary N) is 3. The van der Waals surface area contributed by atoms with Crippen LogP contribution in [0.5, 0.6) is 0 Å². The Bertz CT molecular complexity index is 1560. The van der Waals surface area contributed by atoms with Crippen molar-refractivity contribution in [2.24, 2.45) is 11.3 Å². The number of aromatic nitrogens is 1. The van der Waals surface area contributed by atoms with Gasteiger partial charge in [0.25, 0.3) is 11.8 Å². The average Bonchev–Trinajstić information content (AvgIpc) is 3.05. The molecule has 0 radical (unpaired) electrons. The highest BCUT2D eigenvalue weighted by molar-refractivity contribution is 5.92. The van der Waals surface area contributed by atoms with Crippen LogP contribution in [-0.2, 0) is 33.4 Å². The van der Waals surface area contributed by atoms with Gasteiger partial charge in [0.15, 0.2) is 6.10 Å². The molecule has 12 nitrogen and oxygen atoms in total. The molecule has 12 heteroatoms. The molecule has 252 valence electrons. The van der Waals surface area contributed by atoms with Crippen LogP contribution < -0.4 is 16.1 Å². The number of rotatable bonds is 2. The predicted molar refractivity (Wildman–Crippen MR) is 174 cm³/mol. The molecule has 3 N–H and O–H groups in total. The van der Waals surface area contributed by atoms with Crippen molar-refractivity contribution in [1.29, 1.82) is 0 Å². The van der Waals surface area contributed by atoms with Crippen molar-refractivity contribution in [3.8, 4) is 0 Å². The molecule has 5 rings (SSSR count). The van der Waals surface area contributed by atoms with Crippen LogP contribution in [0.15, 0.2) is 36.4 Å². The monoisotopic (exact) mass is 647 g/mol. The molecule has 2 aliphatic heterocycles. The third kappa shape index (κ3) is 7.81.